The summed E-state index contributed by atoms with van der Waals surface area (Å²) in [5.74, 6) is 0.878. The van der Waals surface area contributed by atoms with Crippen molar-refractivity contribution in [2.75, 3.05) is 7.05 Å². The van der Waals surface area contributed by atoms with Crippen LogP contribution in [0.4, 0.5) is 0 Å². The van der Waals surface area contributed by atoms with E-state index >= 15 is 0 Å². The molecular formula is C14H20BrN. The van der Waals surface area contributed by atoms with Crippen molar-refractivity contribution in [2.24, 2.45) is 5.92 Å². The highest BCUT2D eigenvalue weighted by atomic mass is 79.9. The Labute approximate surface area is 107 Å². The van der Waals surface area contributed by atoms with Gasteiger partial charge in [-0.2, -0.15) is 0 Å². The number of rotatable bonds is 3. The Bertz CT molecular complexity index is 329. The van der Waals surface area contributed by atoms with Crippen LogP contribution in [0.3, 0.4) is 0 Å². The van der Waals surface area contributed by atoms with Crippen LogP contribution in [0, 0.1) is 5.92 Å². The van der Waals surface area contributed by atoms with Gasteiger partial charge in [0.25, 0.3) is 0 Å². The Morgan fingerprint density at radius 2 is 1.88 bits per heavy atom. The highest BCUT2D eigenvalue weighted by Crippen LogP contribution is 2.29. The van der Waals surface area contributed by atoms with Crippen molar-refractivity contribution in [1.29, 1.82) is 0 Å². The van der Waals surface area contributed by atoms with Crippen LogP contribution >= 0.6 is 15.9 Å². The first-order valence-corrected chi connectivity index (χ1v) is 6.99. The summed E-state index contributed by atoms with van der Waals surface area (Å²) in [6, 6.07) is 9.38. The molecule has 0 bridgehead atoms. The van der Waals surface area contributed by atoms with E-state index in [-0.39, 0.29) is 0 Å². The zero-order chi connectivity index (χ0) is 11.4. The van der Waals surface area contributed by atoms with Crippen LogP contribution in [0.1, 0.15) is 31.2 Å². The molecule has 0 unspecified atom stereocenters. The molecule has 1 aromatic rings. The van der Waals surface area contributed by atoms with Gasteiger partial charge >= 0.3 is 0 Å². The summed E-state index contributed by atoms with van der Waals surface area (Å²) in [4.78, 5) is 0. The van der Waals surface area contributed by atoms with Crippen LogP contribution in [0.2, 0.25) is 0 Å². The van der Waals surface area contributed by atoms with Crippen molar-refractivity contribution in [3.8, 4) is 0 Å². The van der Waals surface area contributed by atoms with Crippen molar-refractivity contribution in [1.82, 2.24) is 5.32 Å². The lowest BCUT2D eigenvalue weighted by molar-refractivity contribution is 0.300. The Kier molecular flexibility index (Phi) is 4.42. The fourth-order valence-electron chi connectivity index (χ4n) is 2.63. The minimum absolute atomic E-state index is 0.760. The minimum Gasteiger partial charge on any atom is -0.317 e. The fourth-order valence-corrected chi connectivity index (χ4v) is 3.08. The largest absolute Gasteiger partial charge is 0.317 e. The van der Waals surface area contributed by atoms with E-state index in [4.69, 9.17) is 0 Å². The van der Waals surface area contributed by atoms with Crippen molar-refractivity contribution in [2.45, 2.75) is 38.1 Å². The number of benzene rings is 1. The summed E-state index contributed by atoms with van der Waals surface area (Å²) < 4.78 is 1.27. The Morgan fingerprint density at radius 1 is 1.19 bits per heavy atom. The first-order valence-electron chi connectivity index (χ1n) is 6.20. The van der Waals surface area contributed by atoms with E-state index in [0.29, 0.717) is 0 Å². The van der Waals surface area contributed by atoms with Crippen LogP contribution in [-0.4, -0.2) is 13.1 Å². The highest BCUT2D eigenvalue weighted by Gasteiger charge is 2.20. The van der Waals surface area contributed by atoms with Crippen LogP contribution < -0.4 is 5.32 Å². The van der Waals surface area contributed by atoms with Gasteiger partial charge in [-0.15, -0.1) is 0 Å². The number of hydrogen-bond donors (Lipinski definition) is 1. The highest BCUT2D eigenvalue weighted by molar-refractivity contribution is 9.10. The molecule has 0 saturated heterocycles. The predicted molar refractivity (Wildman–Crippen MR) is 72.7 cm³/mol. The molecule has 0 radical (unpaired) electrons. The van der Waals surface area contributed by atoms with Crippen LogP contribution in [-0.2, 0) is 6.42 Å². The standard InChI is InChI=1S/C14H20BrN/c1-16-13-8-6-11(7-9-13)10-12-4-2-3-5-14(12)15/h2-5,11,13,16H,6-10H2,1H3. The van der Waals surface area contributed by atoms with Crippen molar-refractivity contribution >= 4 is 15.9 Å². The molecule has 1 aromatic carbocycles. The van der Waals surface area contributed by atoms with Crippen LogP contribution in [0.5, 0.6) is 0 Å². The van der Waals surface area contributed by atoms with Gasteiger partial charge in [0.05, 0.1) is 0 Å². The molecule has 1 aliphatic rings. The molecule has 0 heterocycles. The lowest BCUT2D eigenvalue weighted by Crippen LogP contribution is -2.30. The van der Waals surface area contributed by atoms with E-state index in [1.165, 1.54) is 42.1 Å². The van der Waals surface area contributed by atoms with Gasteiger partial charge in [-0.05, 0) is 56.7 Å². The van der Waals surface area contributed by atoms with Gasteiger partial charge in [-0.1, -0.05) is 34.1 Å². The molecule has 1 saturated carbocycles. The number of hydrogen-bond acceptors (Lipinski definition) is 1. The average molecular weight is 282 g/mol. The molecule has 2 heteroatoms. The van der Waals surface area contributed by atoms with Gasteiger partial charge in [0.15, 0.2) is 0 Å². The average Bonchev–Trinajstić information content (AvgIpc) is 2.33. The molecule has 1 N–H and O–H groups in total. The zero-order valence-corrected chi connectivity index (χ0v) is 11.5. The van der Waals surface area contributed by atoms with Crippen LogP contribution in [0.15, 0.2) is 28.7 Å². The van der Waals surface area contributed by atoms with Crippen molar-refractivity contribution in [3.05, 3.63) is 34.3 Å². The molecule has 16 heavy (non-hydrogen) atoms. The summed E-state index contributed by atoms with van der Waals surface area (Å²) in [7, 11) is 2.08. The first kappa shape index (κ1) is 12.1. The van der Waals surface area contributed by atoms with Gasteiger partial charge < -0.3 is 5.32 Å². The third-order valence-corrected chi connectivity index (χ3v) is 4.50. The predicted octanol–water partition coefficient (Wildman–Crippen LogP) is 3.77. The fraction of sp³-hybridized carbons (Fsp3) is 0.571. The molecule has 0 amide bonds. The maximum atomic E-state index is 3.64. The van der Waals surface area contributed by atoms with Gasteiger partial charge in [0.2, 0.25) is 0 Å². The zero-order valence-electron chi connectivity index (χ0n) is 9.88. The normalized spacial score (nSPS) is 25.6. The Hall–Kier alpha value is -0.340. The molecule has 0 atom stereocenters. The molecule has 88 valence electrons. The Morgan fingerprint density at radius 3 is 2.50 bits per heavy atom. The molecule has 0 aromatic heterocycles. The molecule has 0 aliphatic heterocycles. The van der Waals surface area contributed by atoms with E-state index in [1.807, 2.05) is 0 Å². The van der Waals surface area contributed by atoms with Gasteiger partial charge in [0, 0.05) is 10.5 Å². The summed E-state index contributed by atoms with van der Waals surface area (Å²) >= 11 is 3.64. The monoisotopic (exact) mass is 281 g/mol. The van der Waals surface area contributed by atoms with E-state index in [9.17, 15) is 0 Å². The molecule has 1 nitrogen and oxygen atoms in total. The second-order valence-corrected chi connectivity index (χ2v) is 5.66. The van der Waals surface area contributed by atoms with E-state index < -0.39 is 0 Å². The molecular weight excluding hydrogens is 262 g/mol. The van der Waals surface area contributed by atoms with Crippen molar-refractivity contribution < 1.29 is 0 Å². The quantitative estimate of drug-likeness (QED) is 0.890. The number of nitrogens with one attached hydrogen (secondary N) is 1. The van der Waals surface area contributed by atoms with Gasteiger partial charge in [-0.3, -0.25) is 0 Å². The smallest absolute Gasteiger partial charge is 0.0207 e. The first-order chi connectivity index (χ1) is 7.79. The maximum Gasteiger partial charge on any atom is 0.0207 e. The topological polar surface area (TPSA) is 12.0 Å². The maximum absolute atomic E-state index is 3.64. The number of halogens is 1. The van der Waals surface area contributed by atoms with E-state index in [2.05, 4.69) is 52.6 Å². The third-order valence-electron chi connectivity index (χ3n) is 3.72. The van der Waals surface area contributed by atoms with E-state index in [0.717, 1.165) is 12.0 Å². The summed E-state index contributed by atoms with van der Waals surface area (Å²) in [5, 5.41) is 3.39. The summed E-state index contributed by atoms with van der Waals surface area (Å²) in [5.41, 5.74) is 1.47. The van der Waals surface area contributed by atoms with E-state index in [1.54, 1.807) is 0 Å². The molecule has 0 spiro atoms. The molecule has 2 rings (SSSR count). The summed E-state index contributed by atoms with van der Waals surface area (Å²) in [6.45, 7) is 0. The van der Waals surface area contributed by atoms with Gasteiger partial charge in [-0.25, -0.2) is 0 Å². The lowest BCUT2D eigenvalue weighted by atomic mass is 9.82. The van der Waals surface area contributed by atoms with Crippen LogP contribution in [0.25, 0.3) is 0 Å². The third kappa shape index (κ3) is 3.08. The second-order valence-electron chi connectivity index (χ2n) is 4.80. The minimum atomic E-state index is 0.760. The lowest BCUT2D eigenvalue weighted by Gasteiger charge is -2.28. The van der Waals surface area contributed by atoms with Crippen molar-refractivity contribution in [3.63, 3.8) is 0 Å². The Balaban J connectivity index is 1.89. The second kappa shape index (κ2) is 5.83. The molecule has 1 fully saturated rings. The summed E-state index contributed by atoms with van der Waals surface area (Å²) in [6.07, 6.45) is 6.65. The van der Waals surface area contributed by atoms with Gasteiger partial charge in [0.1, 0.15) is 0 Å². The SMILES string of the molecule is CNC1CCC(Cc2ccccc2Br)CC1. The molecule has 1 aliphatic carbocycles.